The van der Waals surface area contributed by atoms with Crippen LogP contribution in [0.2, 0.25) is 0 Å². The molecule has 16 heteroatoms. The Balaban J connectivity index is 2.36. The van der Waals surface area contributed by atoms with Crippen LogP contribution >= 0.6 is 0 Å². The van der Waals surface area contributed by atoms with Gasteiger partial charge in [-0.25, -0.2) is 4.79 Å². The number of phenolic OH excluding ortho intramolecular Hbond substituents is 1. The number of hydrogen-bond donors (Lipinski definition) is 10. The molecule has 0 aliphatic carbocycles. The predicted molar refractivity (Wildman–Crippen MR) is 177 cm³/mol. The lowest BCUT2D eigenvalue weighted by Crippen LogP contribution is -2.62. The molecule has 2 aromatic carbocycles. The van der Waals surface area contributed by atoms with Crippen LogP contribution in [0.5, 0.6) is 5.75 Å². The lowest BCUT2D eigenvalue weighted by atomic mass is 9.96. The van der Waals surface area contributed by atoms with Crippen molar-refractivity contribution in [3.63, 3.8) is 0 Å². The van der Waals surface area contributed by atoms with Gasteiger partial charge in [0.1, 0.15) is 36.0 Å². The van der Waals surface area contributed by atoms with Gasteiger partial charge in [-0.15, -0.1) is 0 Å². The van der Waals surface area contributed by atoms with Crippen molar-refractivity contribution in [2.24, 2.45) is 11.7 Å². The normalized spacial score (nSPS) is 15.2. The van der Waals surface area contributed by atoms with Crippen LogP contribution in [0.25, 0.3) is 0 Å². The third-order valence-electron chi connectivity index (χ3n) is 7.78. The summed E-state index contributed by atoms with van der Waals surface area (Å²) in [5, 5.41) is 50.7. The summed E-state index contributed by atoms with van der Waals surface area (Å²) >= 11 is 0. The second-order valence-electron chi connectivity index (χ2n) is 11.6. The zero-order valence-corrected chi connectivity index (χ0v) is 27.6. The molecule has 0 radical (unpaired) electrons. The topological polar surface area (TPSA) is 270 Å². The number of carboxylic acids is 1. The minimum absolute atomic E-state index is 0.00749. The van der Waals surface area contributed by atoms with Crippen LogP contribution in [0, 0.1) is 5.92 Å². The summed E-state index contributed by atoms with van der Waals surface area (Å²) in [6.45, 7) is 3.35. The predicted octanol–water partition coefficient (Wildman–Crippen LogP) is -1.94. The van der Waals surface area contributed by atoms with Gasteiger partial charge >= 0.3 is 5.97 Å². The number of nitrogens with one attached hydrogen (secondary N) is 5. The van der Waals surface area contributed by atoms with Gasteiger partial charge in [-0.3, -0.25) is 24.0 Å². The first-order valence-electron chi connectivity index (χ1n) is 15.7. The van der Waals surface area contributed by atoms with Crippen LogP contribution in [0.3, 0.4) is 0 Å². The van der Waals surface area contributed by atoms with E-state index in [0.717, 1.165) is 0 Å². The minimum Gasteiger partial charge on any atom is -0.508 e. The van der Waals surface area contributed by atoms with Gasteiger partial charge in [-0.2, -0.15) is 0 Å². The number of nitrogens with two attached hydrogens (primary N) is 1. The number of aliphatic hydroxyl groups is 2. The van der Waals surface area contributed by atoms with Gasteiger partial charge in [0.15, 0.2) is 0 Å². The quantitative estimate of drug-likeness (QED) is 0.0777. The number of carbonyl (C=O) groups is 6. The number of amides is 5. The molecule has 5 amide bonds. The first-order valence-corrected chi connectivity index (χ1v) is 15.7. The van der Waals surface area contributed by atoms with Crippen LogP contribution in [0.15, 0.2) is 54.6 Å². The average molecular weight is 687 g/mol. The first-order chi connectivity index (χ1) is 23.2. The van der Waals surface area contributed by atoms with Crippen molar-refractivity contribution in [2.75, 3.05) is 13.2 Å². The second-order valence-corrected chi connectivity index (χ2v) is 11.6. The van der Waals surface area contributed by atoms with Crippen molar-refractivity contribution in [1.82, 2.24) is 26.6 Å². The Bertz CT molecular complexity index is 1420. The lowest BCUT2D eigenvalue weighted by Gasteiger charge is -2.29. The first kappa shape index (κ1) is 40.1. The van der Waals surface area contributed by atoms with E-state index < -0.39 is 90.9 Å². The van der Waals surface area contributed by atoms with Gasteiger partial charge in [0.2, 0.25) is 29.5 Å². The van der Waals surface area contributed by atoms with Gasteiger partial charge in [0, 0.05) is 12.8 Å². The molecule has 0 heterocycles. The molecular formula is C33H46N6O10. The van der Waals surface area contributed by atoms with Crippen molar-refractivity contribution >= 4 is 35.5 Å². The molecule has 7 atom stereocenters. The summed E-state index contributed by atoms with van der Waals surface area (Å²) in [4.78, 5) is 77.3. The highest BCUT2D eigenvalue weighted by Crippen LogP contribution is 2.14. The van der Waals surface area contributed by atoms with Crippen LogP contribution < -0.4 is 32.3 Å². The number of hydrogen-bond acceptors (Lipinski definition) is 10. The molecule has 16 nitrogen and oxygen atoms in total. The van der Waals surface area contributed by atoms with E-state index in [1.807, 2.05) is 5.32 Å². The van der Waals surface area contributed by atoms with Gasteiger partial charge < -0.3 is 52.7 Å². The Labute approximate surface area is 283 Å². The van der Waals surface area contributed by atoms with Crippen molar-refractivity contribution in [2.45, 2.75) is 76.3 Å². The standard InChI is InChI=1S/C33H46N6O10/c1-4-18(2)27(38-29(44)23(35-26(43)16-34)15-21-10-12-22(42)13-11-21)31(46)36-24(14-20-8-6-5-7-9-20)30(45)39-28(19(3)41)32(47)37-25(17-40)33(48)49/h5-13,18-19,23-25,27-28,40-42H,4,14-17,34H2,1-3H3,(H,35,43)(H,36,46)(H,37,47)(H,38,44)(H,39,45)(H,48,49)/t18-,19+,23-,24-,25-,27-,28-/m0/s1. The van der Waals surface area contributed by atoms with Crippen molar-refractivity contribution in [3.05, 3.63) is 65.7 Å². The highest BCUT2D eigenvalue weighted by Gasteiger charge is 2.35. The Morgan fingerprint density at radius 2 is 1.18 bits per heavy atom. The Morgan fingerprint density at radius 3 is 1.67 bits per heavy atom. The lowest BCUT2D eigenvalue weighted by molar-refractivity contribution is -0.144. The maximum atomic E-state index is 13.8. The molecule has 2 aromatic rings. The fourth-order valence-corrected chi connectivity index (χ4v) is 4.71. The third-order valence-corrected chi connectivity index (χ3v) is 7.78. The average Bonchev–Trinajstić information content (AvgIpc) is 3.07. The molecule has 0 aromatic heterocycles. The molecular weight excluding hydrogens is 640 g/mol. The number of aromatic hydroxyl groups is 1. The Morgan fingerprint density at radius 1 is 0.694 bits per heavy atom. The van der Waals surface area contributed by atoms with E-state index in [-0.39, 0.29) is 18.6 Å². The number of carboxylic acid groups (broad SMARTS) is 1. The van der Waals surface area contributed by atoms with E-state index in [4.69, 9.17) is 5.73 Å². The number of rotatable bonds is 19. The van der Waals surface area contributed by atoms with E-state index in [9.17, 15) is 49.2 Å². The molecule has 0 aliphatic rings. The largest absolute Gasteiger partial charge is 0.508 e. The highest BCUT2D eigenvalue weighted by atomic mass is 16.4. The monoisotopic (exact) mass is 686 g/mol. The summed E-state index contributed by atoms with van der Waals surface area (Å²) in [6, 6.07) is 7.52. The van der Waals surface area contributed by atoms with Crippen molar-refractivity contribution in [3.8, 4) is 5.75 Å². The summed E-state index contributed by atoms with van der Waals surface area (Å²) in [5.74, 6) is -6.05. The van der Waals surface area contributed by atoms with Crippen LogP contribution in [-0.2, 0) is 41.6 Å². The number of aliphatic hydroxyl groups excluding tert-OH is 2. The third kappa shape index (κ3) is 12.8. The zero-order valence-electron chi connectivity index (χ0n) is 27.6. The fraction of sp³-hybridized carbons (Fsp3) is 0.455. The second kappa shape index (κ2) is 19.7. The molecule has 268 valence electrons. The van der Waals surface area contributed by atoms with Crippen LogP contribution in [0.1, 0.15) is 38.3 Å². The van der Waals surface area contributed by atoms with Gasteiger partial charge in [0.05, 0.1) is 19.3 Å². The summed E-state index contributed by atoms with van der Waals surface area (Å²) in [5.41, 5.74) is 6.68. The molecule has 0 saturated heterocycles. The smallest absolute Gasteiger partial charge is 0.328 e. The van der Waals surface area contributed by atoms with E-state index in [1.54, 1.807) is 56.3 Å². The van der Waals surface area contributed by atoms with Crippen molar-refractivity contribution in [1.29, 1.82) is 0 Å². The van der Waals surface area contributed by atoms with Gasteiger partial charge in [-0.05, 0) is 36.1 Å². The maximum Gasteiger partial charge on any atom is 0.328 e. The van der Waals surface area contributed by atoms with Crippen LogP contribution in [-0.4, -0.2) is 105 Å². The summed E-state index contributed by atoms with van der Waals surface area (Å²) in [6.07, 6.45) is -1.15. The molecule has 0 unspecified atom stereocenters. The molecule has 49 heavy (non-hydrogen) atoms. The Hall–Kier alpha value is -5.06. The highest BCUT2D eigenvalue weighted by molar-refractivity contribution is 5.96. The van der Waals surface area contributed by atoms with E-state index >= 15 is 0 Å². The number of phenols is 1. The van der Waals surface area contributed by atoms with Gasteiger partial charge in [-0.1, -0.05) is 62.7 Å². The molecule has 0 bridgehead atoms. The van der Waals surface area contributed by atoms with E-state index in [0.29, 0.717) is 17.5 Å². The fourth-order valence-electron chi connectivity index (χ4n) is 4.71. The Kier molecular flexibility index (Phi) is 16.1. The van der Waals surface area contributed by atoms with Crippen molar-refractivity contribution < 1.29 is 49.2 Å². The van der Waals surface area contributed by atoms with E-state index in [2.05, 4.69) is 21.3 Å². The molecule has 0 aliphatic heterocycles. The molecule has 0 spiro atoms. The van der Waals surface area contributed by atoms with Crippen LogP contribution in [0.4, 0.5) is 0 Å². The van der Waals surface area contributed by atoms with E-state index in [1.165, 1.54) is 19.1 Å². The molecule has 0 fully saturated rings. The maximum absolute atomic E-state index is 13.8. The number of aliphatic carboxylic acids is 1. The molecule has 11 N–H and O–H groups in total. The van der Waals surface area contributed by atoms with Gasteiger partial charge in [0.25, 0.3) is 0 Å². The minimum atomic E-state index is -1.70. The molecule has 0 saturated carbocycles. The zero-order chi connectivity index (χ0) is 36.7. The number of carbonyl (C=O) groups excluding carboxylic acids is 5. The summed E-state index contributed by atoms with van der Waals surface area (Å²) < 4.78 is 0. The molecule has 2 rings (SSSR count). The SMILES string of the molecule is CC[C@H](C)[C@H](NC(=O)[C@H](Cc1ccc(O)cc1)NC(=O)CN)C(=O)N[C@@H](Cc1ccccc1)C(=O)N[C@H](C(=O)N[C@@H](CO)C(=O)O)[C@@H](C)O. The summed E-state index contributed by atoms with van der Waals surface area (Å²) in [7, 11) is 0. The number of benzene rings is 2.